The van der Waals surface area contributed by atoms with Gasteiger partial charge >= 0.3 is 5.97 Å². The number of cyclic esters (lactones) is 1. The van der Waals surface area contributed by atoms with Gasteiger partial charge in [0.15, 0.2) is 16.6 Å². The number of hydroxylamine groups is 2. The third-order valence-corrected chi connectivity index (χ3v) is 22.6. The minimum Gasteiger partial charge on any atom is -0.458 e. The number of allylic oxidation sites excluding steroid dienone is 4. The SMILES string of the molecule is CC[Si](CC)(CC)O[C@@H]1[C@@H](C)[C@H](O[Si](CC)(CC)CC)[C@@H]2[C@@H]1C=C(C)[C@H]1C/C=C(\C)CC[C@H]([C@H](C)C(=O)N(C)OC)OC(=O)/C(Br)=C\[C@@H]21. The van der Waals surface area contributed by atoms with Gasteiger partial charge in [0.1, 0.15) is 6.10 Å². The molecule has 1 fully saturated rings. The maximum Gasteiger partial charge on any atom is 0.345 e. The van der Waals surface area contributed by atoms with E-state index in [1.807, 2.05) is 6.92 Å². The van der Waals surface area contributed by atoms with E-state index in [9.17, 15) is 9.59 Å². The molecule has 0 aromatic rings. The number of esters is 1. The second-order valence-corrected chi connectivity index (χ2v) is 25.2. The summed E-state index contributed by atoms with van der Waals surface area (Å²) in [5.41, 5.74) is 2.62. The first-order chi connectivity index (χ1) is 22.7. The molecule has 48 heavy (non-hydrogen) atoms. The third-order valence-electron chi connectivity index (χ3n) is 12.7. The predicted molar refractivity (Wildman–Crippen MR) is 204 cm³/mol. The van der Waals surface area contributed by atoms with Gasteiger partial charge in [-0.2, -0.15) is 0 Å². The van der Waals surface area contributed by atoms with Crippen molar-refractivity contribution in [1.82, 2.24) is 5.06 Å². The topological polar surface area (TPSA) is 74.3 Å². The summed E-state index contributed by atoms with van der Waals surface area (Å²) in [5, 5.41) is 1.21. The fraction of sp³-hybridized carbons (Fsp3) is 0.789. The molecule has 0 bridgehead atoms. The third kappa shape index (κ3) is 8.87. The Kier molecular flexibility index (Phi) is 15.5. The fourth-order valence-corrected chi connectivity index (χ4v) is 15.0. The Morgan fingerprint density at radius 3 is 2.02 bits per heavy atom. The average Bonchev–Trinajstić information content (AvgIpc) is 3.34. The molecule has 0 spiro atoms. The van der Waals surface area contributed by atoms with Gasteiger partial charge in [0.05, 0.1) is 29.7 Å². The van der Waals surface area contributed by atoms with Crippen molar-refractivity contribution in [1.29, 1.82) is 0 Å². The van der Waals surface area contributed by atoms with Crippen molar-refractivity contribution >= 4 is 44.4 Å². The Bertz CT molecular complexity index is 1180. The highest BCUT2D eigenvalue weighted by Gasteiger charge is 2.57. The van der Waals surface area contributed by atoms with Crippen LogP contribution in [0.5, 0.6) is 0 Å². The molecular weight excluding hydrogens is 702 g/mol. The molecule has 3 aliphatic rings. The molecule has 0 unspecified atom stereocenters. The Labute approximate surface area is 303 Å². The maximum atomic E-state index is 13.9. The van der Waals surface area contributed by atoms with Crippen LogP contribution in [0.4, 0.5) is 0 Å². The first-order valence-electron chi connectivity index (χ1n) is 18.8. The maximum absolute atomic E-state index is 13.9. The number of hydrogen-bond donors (Lipinski definition) is 0. The van der Waals surface area contributed by atoms with Crippen LogP contribution in [0.1, 0.15) is 88.5 Å². The molecule has 0 radical (unpaired) electrons. The predicted octanol–water partition coefficient (Wildman–Crippen LogP) is 9.82. The van der Waals surface area contributed by atoms with E-state index in [1.165, 1.54) is 23.3 Å². The summed E-state index contributed by atoms with van der Waals surface area (Å²) in [6.45, 7) is 22.5. The van der Waals surface area contributed by atoms with Crippen LogP contribution in [0, 0.1) is 35.5 Å². The highest BCUT2D eigenvalue weighted by molar-refractivity contribution is 9.12. The number of carbonyl (C=O) groups is 2. The molecule has 0 N–H and O–H groups in total. The van der Waals surface area contributed by atoms with Crippen molar-refractivity contribution < 1.29 is 28.0 Å². The van der Waals surface area contributed by atoms with Crippen LogP contribution >= 0.6 is 15.9 Å². The molecule has 7 nitrogen and oxygen atoms in total. The van der Waals surface area contributed by atoms with E-state index in [0.29, 0.717) is 10.9 Å². The number of nitrogens with zero attached hydrogens (tertiary/aromatic N) is 1. The van der Waals surface area contributed by atoms with Crippen LogP contribution in [0.2, 0.25) is 36.3 Å². The standard InChI is InChI=1S/C38H66BrNO6Si2/c1-13-47(14-2,15-3)45-35-28(10)36(46-48(16-4,17-5)18-6)34-30-24-32(39)38(42)44-33(27(9)37(41)40(11)43-12)22-20-25(7)19-21-29(30)26(8)23-31(34)35/h19,23-24,27-31,33-36H,13-18,20-22H2,1-12H3/b25-19+,32-24+/t27-,28+,29+,30+,31-,33+,34-,35+,36-/m0/s1. The summed E-state index contributed by atoms with van der Waals surface area (Å²) in [5.74, 6) is -0.271. The van der Waals surface area contributed by atoms with Gasteiger partial charge in [0.2, 0.25) is 0 Å². The molecule has 1 saturated carbocycles. The lowest BCUT2D eigenvalue weighted by Gasteiger charge is -2.43. The molecule has 2 aliphatic carbocycles. The average molecular weight is 769 g/mol. The minimum absolute atomic E-state index is 0.0427. The largest absolute Gasteiger partial charge is 0.458 e. The summed E-state index contributed by atoms with van der Waals surface area (Å²) in [7, 11) is -0.840. The summed E-state index contributed by atoms with van der Waals surface area (Å²) in [6, 6.07) is 6.62. The zero-order valence-corrected chi connectivity index (χ0v) is 35.7. The van der Waals surface area contributed by atoms with Gasteiger partial charge in [0.25, 0.3) is 5.91 Å². The van der Waals surface area contributed by atoms with Crippen LogP contribution in [0.15, 0.2) is 33.9 Å². The van der Waals surface area contributed by atoms with Crippen molar-refractivity contribution in [3.63, 3.8) is 0 Å². The van der Waals surface area contributed by atoms with Gasteiger partial charge in [-0.25, -0.2) is 9.86 Å². The second kappa shape index (κ2) is 17.9. The summed E-state index contributed by atoms with van der Waals surface area (Å²) < 4.78 is 21.6. The zero-order valence-electron chi connectivity index (χ0n) is 32.1. The molecule has 1 aliphatic heterocycles. The number of amides is 1. The lowest BCUT2D eigenvalue weighted by Crippen LogP contribution is -2.46. The van der Waals surface area contributed by atoms with E-state index in [2.05, 4.69) is 96.5 Å². The first-order valence-corrected chi connectivity index (χ1v) is 24.7. The lowest BCUT2D eigenvalue weighted by atomic mass is 9.66. The molecule has 1 heterocycles. The fourth-order valence-electron chi connectivity index (χ4n) is 8.70. The number of hydrogen-bond acceptors (Lipinski definition) is 6. The van der Waals surface area contributed by atoms with Crippen LogP contribution < -0.4 is 0 Å². The molecule has 3 rings (SSSR count). The molecule has 0 aromatic heterocycles. The number of rotatable bonds is 13. The quantitative estimate of drug-likeness (QED) is 0.0805. The summed E-state index contributed by atoms with van der Waals surface area (Å²) >= 11 is 3.70. The van der Waals surface area contributed by atoms with Gasteiger partial charge in [-0.05, 0) is 110 Å². The minimum atomic E-state index is -1.98. The molecule has 9 atom stereocenters. The van der Waals surface area contributed by atoms with Crippen LogP contribution in [-0.4, -0.2) is 66.0 Å². The van der Waals surface area contributed by atoms with Gasteiger partial charge in [-0.15, -0.1) is 0 Å². The van der Waals surface area contributed by atoms with Crippen LogP contribution in [0.3, 0.4) is 0 Å². The monoisotopic (exact) mass is 767 g/mol. The van der Waals surface area contributed by atoms with Crippen molar-refractivity contribution in [3.05, 3.63) is 33.9 Å². The number of halogens is 1. The Hall–Kier alpha value is -1.05. The van der Waals surface area contributed by atoms with E-state index in [1.54, 1.807) is 7.05 Å². The highest BCUT2D eigenvalue weighted by atomic mass is 79.9. The number of carbonyl (C=O) groups excluding carboxylic acids is 2. The molecule has 1 amide bonds. The molecule has 0 aromatic carbocycles. The van der Waals surface area contributed by atoms with E-state index < -0.39 is 34.6 Å². The van der Waals surface area contributed by atoms with Crippen molar-refractivity contribution in [2.75, 3.05) is 14.2 Å². The smallest absolute Gasteiger partial charge is 0.345 e. The van der Waals surface area contributed by atoms with E-state index >= 15 is 0 Å². The zero-order chi connectivity index (χ0) is 36.0. The molecule has 10 heteroatoms. The van der Waals surface area contributed by atoms with Crippen molar-refractivity contribution in [2.24, 2.45) is 35.5 Å². The molecule has 0 saturated heterocycles. The molecule has 274 valence electrons. The van der Waals surface area contributed by atoms with Crippen molar-refractivity contribution in [3.8, 4) is 0 Å². The number of ether oxygens (including phenoxy) is 1. The summed E-state index contributed by atoms with van der Waals surface area (Å²) in [4.78, 5) is 32.1. The first kappa shape index (κ1) is 41.4. The van der Waals surface area contributed by atoms with Gasteiger partial charge < -0.3 is 13.6 Å². The van der Waals surface area contributed by atoms with Crippen LogP contribution in [-0.2, 0) is 28.0 Å². The highest BCUT2D eigenvalue weighted by Crippen LogP contribution is 2.55. The van der Waals surface area contributed by atoms with Gasteiger partial charge in [-0.3, -0.25) is 9.63 Å². The van der Waals surface area contributed by atoms with E-state index in [0.717, 1.165) is 49.1 Å². The Morgan fingerprint density at radius 1 is 0.958 bits per heavy atom. The Morgan fingerprint density at radius 2 is 1.50 bits per heavy atom. The van der Waals surface area contributed by atoms with Gasteiger partial charge in [-0.1, -0.05) is 77.8 Å². The summed E-state index contributed by atoms with van der Waals surface area (Å²) in [6.07, 6.45) is 8.80. The Balaban J connectivity index is 2.17. The normalized spacial score (nSPS) is 33.0. The lowest BCUT2D eigenvalue weighted by molar-refractivity contribution is -0.178. The van der Waals surface area contributed by atoms with Gasteiger partial charge in [0, 0.05) is 18.9 Å². The second-order valence-electron chi connectivity index (χ2n) is 14.9. The van der Waals surface area contributed by atoms with Crippen LogP contribution in [0.25, 0.3) is 0 Å². The van der Waals surface area contributed by atoms with E-state index in [4.69, 9.17) is 18.4 Å². The van der Waals surface area contributed by atoms with E-state index in [-0.39, 0.29) is 47.7 Å². The molecular formula is C38H66BrNO6Si2. The van der Waals surface area contributed by atoms with Crippen molar-refractivity contribution in [2.45, 2.75) is 143 Å². The number of fused-ring (bicyclic) bond motifs is 3.